The van der Waals surface area contributed by atoms with Crippen LogP contribution in [0.15, 0.2) is 18.2 Å². The van der Waals surface area contributed by atoms with Crippen LogP contribution in [0.4, 0.5) is 0 Å². The van der Waals surface area contributed by atoms with E-state index in [1.165, 1.54) is 12.8 Å². The molecule has 160 valence electrons. The highest BCUT2D eigenvalue weighted by molar-refractivity contribution is 5.85. The van der Waals surface area contributed by atoms with Gasteiger partial charge in [-0.05, 0) is 63.1 Å². The number of likely N-dealkylation sites (tertiary alicyclic amines) is 1. The topological polar surface area (TPSA) is 94.8 Å². The van der Waals surface area contributed by atoms with Crippen LogP contribution in [0.5, 0.6) is 11.5 Å². The van der Waals surface area contributed by atoms with Gasteiger partial charge in [0.05, 0.1) is 30.7 Å². The molecule has 1 aliphatic carbocycles. The number of hydroxylamine groups is 1. The van der Waals surface area contributed by atoms with Crippen molar-refractivity contribution in [2.24, 2.45) is 0 Å². The van der Waals surface area contributed by atoms with Crippen LogP contribution in [-0.2, 0) is 10.2 Å². The summed E-state index contributed by atoms with van der Waals surface area (Å²) in [7, 11) is 1.63. The Morgan fingerprint density at radius 2 is 1.97 bits per heavy atom. The summed E-state index contributed by atoms with van der Waals surface area (Å²) in [5, 5.41) is 18.9. The smallest absolute Gasteiger partial charge is 0.260 e. The van der Waals surface area contributed by atoms with Crippen LogP contribution in [0.1, 0.15) is 51.0 Å². The number of nitriles is 1. The van der Waals surface area contributed by atoms with Crippen molar-refractivity contribution in [1.29, 1.82) is 5.26 Å². The maximum absolute atomic E-state index is 11.7. The van der Waals surface area contributed by atoms with E-state index < -0.39 is 17.4 Å². The molecule has 0 radical (unpaired) electrons. The molecule has 8 heteroatoms. The quantitative estimate of drug-likeness (QED) is 0.539. The number of amides is 1. The highest BCUT2D eigenvalue weighted by atomic mass is 35.5. The Labute approximate surface area is 178 Å². The number of piperidine rings is 1. The molecular weight excluding hydrogens is 394 g/mol. The number of carbonyl (C=O) groups excluding carboxylic acids is 1. The fourth-order valence-corrected chi connectivity index (χ4v) is 4.27. The summed E-state index contributed by atoms with van der Waals surface area (Å²) in [5.74, 6) is 0.965. The second-order valence-corrected chi connectivity index (χ2v) is 7.77. The van der Waals surface area contributed by atoms with Gasteiger partial charge in [0, 0.05) is 13.1 Å². The number of nitrogens with zero attached hydrogens (tertiary/aromatic N) is 2. The van der Waals surface area contributed by atoms with E-state index in [1.54, 1.807) is 19.5 Å². The van der Waals surface area contributed by atoms with Crippen LogP contribution in [0, 0.1) is 11.3 Å². The van der Waals surface area contributed by atoms with Crippen LogP contribution in [0.25, 0.3) is 0 Å². The lowest BCUT2D eigenvalue weighted by atomic mass is 9.73. The number of halogens is 1. The van der Waals surface area contributed by atoms with E-state index in [0.717, 1.165) is 18.4 Å². The lowest BCUT2D eigenvalue weighted by molar-refractivity contribution is -0.134. The van der Waals surface area contributed by atoms with Gasteiger partial charge in [-0.25, -0.2) is 5.48 Å². The Morgan fingerprint density at radius 3 is 2.52 bits per heavy atom. The maximum atomic E-state index is 11.7. The second kappa shape index (κ2) is 10.1. The summed E-state index contributed by atoms with van der Waals surface area (Å²) in [6.07, 6.45) is 5.91. The molecular formula is C21H30ClN3O4. The Balaban J connectivity index is 0.00000300. The Hall–Kier alpha value is -2.01. The van der Waals surface area contributed by atoms with Crippen LogP contribution in [-0.4, -0.2) is 48.4 Å². The lowest BCUT2D eigenvalue weighted by Crippen LogP contribution is -2.50. The number of rotatable bonds is 6. The van der Waals surface area contributed by atoms with E-state index in [2.05, 4.69) is 6.07 Å². The monoisotopic (exact) mass is 423 g/mol. The second-order valence-electron chi connectivity index (χ2n) is 7.77. The van der Waals surface area contributed by atoms with Crippen molar-refractivity contribution in [2.75, 3.05) is 20.2 Å². The van der Waals surface area contributed by atoms with Crippen molar-refractivity contribution in [2.45, 2.75) is 63.0 Å². The number of nitrogens with one attached hydrogen (secondary N) is 1. The largest absolute Gasteiger partial charge is 0.493 e. The lowest BCUT2D eigenvalue weighted by Gasteiger charge is -2.39. The summed E-state index contributed by atoms with van der Waals surface area (Å²) in [6, 6.07) is 7.88. The van der Waals surface area contributed by atoms with E-state index in [9.17, 15) is 10.1 Å². The number of benzene rings is 1. The van der Waals surface area contributed by atoms with Crippen molar-refractivity contribution < 1.29 is 19.5 Å². The zero-order valence-corrected chi connectivity index (χ0v) is 17.8. The van der Waals surface area contributed by atoms with Crippen molar-refractivity contribution >= 4 is 18.3 Å². The minimum absolute atomic E-state index is 0. The van der Waals surface area contributed by atoms with Gasteiger partial charge in [0.2, 0.25) is 0 Å². The number of hydrogen-bond donors (Lipinski definition) is 2. The molecule has 0 bridgehead atoms. The molecule has 0 spiro atoms. The minimum Gasteiger partial charge on any atom is -0.493 e. The van der Waals surface area contributed by atoms with E-state index in [1.807, 2.05) is 23.1 Å². The molecule has 1 aromatic rings. The van der Waals surface area contributed by atoms with Crippen LogP contribution in [0.2, 0.25) is 0 Å². The summed E-state index contributed by atoms with van der Waals surface area (Å²) < 4.78 is 11.7. The number of carbonyl (C=O) groups is 1. The fourth-order valence-electron chi connectivity index (χ4n) is 4.27. The first-order valence-corrected chi connectivity index (χ1v) is 9.97. The standard InChI is InChI=1S/C21H29N3O4.ClH/c1-15(20(25)23-26)24-11-9-21(14-22,10-12-24)16-7-8-18(27-2)19(13-16)28-17-5-3-4-6-17;/h7-8,13,15,17,26H,3-6,9-12H2,1-2H3,(H,23,25);1H/t15-;/m1./s1. The average Bonchev–Trinajstić information content (AvgIpc) is 3.25. The van der Waals surface area contributed by atoms with Gasteiger partial charge in [0.15, 0.2) is 11.5 Å². The first-order valence-electron chi connectivity index (χ1n) is 9.97. The molecule has 1 saturated heterocycles. The predicted octanol–water partition coefficient (Wildman–Crippen LogP) is 3.19. The molecule has 2 N–H and O–H groups in total. The van der Waals surface area contributed by atoms with Crippen LogP contribution in [0.3, 0.4) is 0 Å². The first kappa shape index (κ1) is 23.3. The number of ether oxygens (including phenoxy) is 2. The fraction of sp³-hybridized carbons (Fsp3) is 0.619. The summed E-state index contributed by atoms with van der Waals surface area (Å²) in [5.41, 5.74) is 2.02. The maximum Gasteiger partial charge on any atom is 0.260 e. The summed E-state index contributed by atoms with van der Waals surface area (Å²) >= 11 is 0. The Morgan fingerprint density at radius 1 is 1.31 bits per heavy atom. The van der Waals surface area contributed by atoms with E-state index in [0.29, 0.717) is 37.4 Å². The SMILES string of the molecule is COc1ccc(C2(C#N)CCN([C@H](C)C(=O)NO)CC2)cc1OC1CCCC1.Cl. The van der Waals surface area contributed by atoms with Crippen LogP contribution < -0.4 is 15.0 Å². The van der Waals surface area contributed by atoms with Gasteiger partial charge >= 0.3 is 0 Å². The molecule has 1 atom stereocenters. The predicted molar refractivity (Wildman–Crippen MR) is 111 cm³/mol. The Bertz CT molecular complexity index is 738. The molecule has 1 saturated carbocycles. The van der Waals surface area contributed by atoms with Crippen molar-refractivity contribution in [3.8, 4) is 17.6 Å². The highest BCUT2D eigenvalue weighted by Gasteiger charge is 2.39. The van der Waals surface area contributed by atoms with Gasteiger partial charge in [-0.3, -0.25) is 14.9 Å². The van der Waals surface area contributed by atoms with Crippen molar-refractivity contribution in [3.05, 3.63) is 23.8 Å². The van der Waals surface area contributed by atoms with E-state index in [4.69, 9.17) is 14.7 Å². The van der Waals surface area contributed by atoms with Crippen molar-refractivity contribution in [1.82, 2.24) is 10.4 Å². The zero-order valence-electron chi connectivity index (χ0n) is 17.0. The molecule has 0 unspecified atom stereocenters. The van der Waals surface area contributed by atoms with Gasteiger partial charge in [-0.1, -0.05) is 6.07 Å². The normalized spacial score (nSPS) is 20.2. The number of methoxy groups -OCH3 is 1. The molecule has 2 aliphatic rings. The van der Waals surface area contributed by atoms with Gasteiger partial charge in [0.1, 0.15) is 0 Å². The zero-order chi connectivity index (χ0) is 20.1. The van der Waals surface area contributed by atoms with Gasteiger partial charge in [0.25, 0.3) is 5.91 Å². The molecule has 29 heavy (non-hydrogen) atoms. The summed E-state index contributed by atoms with van der Waals surface area (Å²) in [4.78, 5) is 13.7. The highest BCUT2D eigenvalue weighted by Crippen LogP contribution is 2.40. The average molecular weight is 424 g/mol. The van der Waals surface area contributed by atoms with Crippen LogP contribution >= 0.6 is 12.4 Å². The number of hydrogen-bond acceptors (Lipinski definition) is 6. The Kier molecular flexibility index (Phi) is 8.14. The minimum atomic E-state index is -0.619. The molecule has 1 aromatic carbocycles. The molecule has 1 heterocycles. The molecule has 1 amide bonds. The molecule has 1 aliphatic heterocycles. The van der Waals surface area contributed by atoms with E-state index in [-0.39, 0.29) is 18.5 Å². The third-order valence-corrected chi connectivity index (χ3v) is 6.22. The van der Waals surface area contributed by atoms with Gasteiger partial charge < -0.3 is 9.47 Å². The summed E-state index contributed by atoms with van der Waals surface area (Å²) in [6.45, 7) is 2.96. The molecule has 3 rings (SSSR count). The van der Waals surface area contributed by atoms with Gasteiger partial charge in [-0.2, -0.15) is 5.26 Å². The van der Waals surface area contributed by atoms with Crippen molar-refractivity contribution in [3.63, 3.8) is 0 Å². The van der Waals surface area contributed by atoms with Gasteiger partial charge in [-0.15, -0.1) is 12.4 Å². The molecule has 2 fully saturated rings. The molecule has 0 aromatic heterocycles. The third-order valence-electron chi connectivity index (χ3n) is 6.22. The first-order chi connectivity index (χ1) is 13.5. The van der Waals surface area contributed by atoms with E-state index >= 15 is 0 Å². The third kappa shape index (κ3) is 4.95. The molecule has 7 nitrogen and oxygen atoms in total.